The van der Waals surface area contributed by atoms with E-state index in [1.807, 2.05) is 0 Å². The molecule has 2 rings (SSSR count). The van der Waals surface area contributed by atoms with E-state index >= 15 is 0 Å². The van der Waals surface area contributed by atoms with Crippen molar-refractivity contribution in [2.45, 2.75) is 12.8 Å². The second kappa shape index (κ2) is 5.38. The largest absolute Gasteiger partial charge is 0.469 e. The Morgan fingerprint density at radius 2 is 2.16 bits per heavy atom. The summed E-state index contributed by atoms with van der Waals surface area (Å²) in [5.41, 5.74) is 1.20. The van der Waals surface area contributed by atoms with E-state index in [0.717, 1.165) is 0 Å². The molecule has 0 aliphatic heterocycles. The van der Waals surface area contributed by atoms with E-state index in [-0.39, 0.29) is 18.7 Å². The number of carbonyl (C=O) groups is 2. The first-order valence-electron chi connectivity index (χ1n) is 5.58. The van der Waals surface area contributed by atoms with Gasteiger partial charge in [-0.2, -0.15) is 0 Å². The molecule has 0 atom stereocenters. The normalized spacial score (nSPS) is 10.4. The number of carbonyl (C=O) groups excluding carboxylic acids is 2. The van der Waals surface area contributed by atoms with Crippen LogP contribution in [-0.4, -0.2) is 24.0 Å². The number of benzene rings is 1. The zero-order chi connectivity index (χ0) is 13.8. The molecule has 1 aromatic heterocycles. The number of aromatic nitrogens is 1. The van der Waals surface area contributed by atoms with Crippen molar-refractivity contribution in [3.8, 4) is 0 Å². The van der Waals surface area contributed by atoms with Crippen LogP contribution in [0.1, 0.15) is 12.8 Å². The van der Waals surface area contributed by atoms with Crippen LogP contribution in [0.25, 0.3) is 11.1 Å². The maximum atomic E-state index is 11.6. The van der Waals surface area contributed by atoms with Gasteiger partial charge in [-0.3, -0.25) is 14.6 Å². The molecular weight excluding hydrogens is 252 g/mol. The molecule has 0 unspecified atom stereocenters. The van der Waals surface area contributed by atoms with Crippen molar-refractivity contribution in [3.05, 3.63) is 28.7 Å². The van der Waals surface area contributed by atoms with Gasteiger partial charge in [-0.05, 0) is 12.1 Å². The summed E-state index contributed by atoms with van der Waals surface area (Å²) >= 11 is 0. The lowest BCUT2D eigenvalue weighted by atomic mass is 10.2. The van der Waals surface area contributed by atoms with Crippen LogP contribution in [0, 0.1) is 0 Å². The average Bonchev–Trinajstić information content (AvgIpc) is 2.77. The van der Waals surface area contributed by atoms with Crippen LogP contribution in [0.3, 0.4) is 0 Å². The van der Waals surface area contributed by atoms with Crippen LogP contribution in [0.2, 0.25) is 0 Å². The summed E-state index contributed by atoms with van der Waals surface area (Å²) < 4.78 is 9.31. The summed E-state index contributed by atoms with van der Waals surface area (Å²) in [4.78, 5) is 36.1. The molecule has 0 aliphatic rings. The predicted molar refractivity (Wildman–Crippen MR) is 66.7 cm³/mol. The molecule has 1 amide bonds. The molecule has 0 aliphatic carbocycles. The van der Waals surface area contributed by atoms with Crippen molar-refractivity contribution in [1.29, 1.82) is 0 Å². The number of aromatic amines is 1. The highest BCUT2D eigenvalue weighted by molar-refractivity contribution is 5.99. The summed E-state index contributed by atoms with van der Waals surface area (Å²) in [5, 5.41) is 2.60. The van der Waals surface area contributed by atoms with E-state index < -0.39 is 11.7 Å². The molecule has 1 aromatic carbocycles. The second-order valence-electron chi connectivity index (χ2n) is 3.82. The van der Waals surface area contributed by atoms with Gasteiger partial charge in [-0.25, -0.2) is 4.79 Å². The quantitative estimate of drug-likeness (QED) is 0.802. The number of anilines is 1. The molecule has 7 heteroatoms. The van der Waals surface area contributed by atoms with Gasteiger partial charge in [0.25, 0.3) is 0 Å². The van der Waals surface area contributed by atoms with Crippen molar-refractivity contribution >= 4 is 28.7 Å². The first-order valence-corrected chi connectivity index (χ1v) is 5.58. The summed E-state index contributed by atoms with van der Waals surface area (Å²) in [6.07, 6.45) is 0.00532. The number of oxazole rings is 1. The predicted octanol–water partition coefficient (Wildman–Crippen LogP) is 1.01. The van der Waals surface area contributed by atoms with Crippen LogP contribution in [0.5, 0.6) is 0 Å². The van der Waals surface area contributed by atoms with Gasteiger partial charge >= 0.3 is 11.7 Å². The molecule has 0 spiro atoms. The molecule has 2 N–H and O–H groups in total. The number of methoxy groups -OCH3 is 1. The Balaban J connectivity index is 2.10. The van der Waals surface area contributed by atoms with E-state index in [4.69, 9.17) is 4.42 Å². The first kappa shape index (κ1) is 12.9. The van der Waals surface area contributed by atoms with Crippen molar-refractivity contribution in [3.63, 3.8) is 0 Å². The van der Waals surface area contributed by atoms with Gasteiger partial charge in [0, 0.05) is 6.42 Å². The minimum absolute atomic E-state index is 0.000215. The highest BCUT2D eigenvalue weighted by atomic mass is 16.5. The van der Waals surface area contributed by atoms with Crippen LogP contribution in [-0.2, 0) is 14.3 Å². The Morgan fingerprint density at radius 3 is 2.89 bits per heavy atom. The SMILES string of the molecule is COC(=O)CCC(=O)Nc1cccc2oc(=O)[nH]c12. The maximum Gasteiger partial charge on any atom is 0.417 e. The lowest BCUT2D eigenvalue weighted by molar-refractivity contribution is -0.141. The third-order valence-corrected chi connectivity index (χ3v) is 2.51. The molecule has 0 bridgehead atoms. The second-order valence-corrected chi connectivity index (χ2v) is 3.82. The Kier molecular flexibility index (Phi) is 3.65. The number of nitrogens with one attached hydrogen (secondary N) is 2. The van der Waals surface area contributed by atoms with Crippen molar-refractivity contribution in [2.24, 2.45) is 0 Å². The lowest BCUT2D eigenvalue weighted by Crippen LogP contribution is -2.14. The van der Waals surface area contributed by atoms with E-state index in [1.54, 1.807) is 18.2 Å². The number of fused-ring (bicyclic) bond motifs is 1. The van der Waals surface area contributed by atoms with Gasteiger partial charge in [-0.1, -0.05) is 6.07 Å². The molecule has 0 saturated heterocycles. The fourth-order valence-electron chi connectivity index (χ4n) is 1.61. The standard InChI is InChI=1S/C12H12N2O5/c1-18-10(16)6-5-9(15)13-7-3-2-4-8-11(7)14-12(17)19-8/h2-4H,5-6H2,1H3,(H,13,15)(H,14,17). The number of hydrogen-bond acceptors (Lipinski definition) is 5. The van der Waals surface area contributed by atoms with Crippen molar-refractivity contribution < 1.29 is 18.7 Å². The van der Waals surface area contributed by atoms with Crippen molar-refractivity contribution in [2.75, 3.05) is 12.4 Å². The minimum atomic E-state index is -0.591. The monoisotopic (exact) mass is 264 g/mol. The molecule has 0 fully saturated rings. The van der Waals surface area contributed by atoms with Gasteiger partial charge in [0.05, 0.1) is 19.2 Å². The van der Waals surface area contributed by atoms with Crippen LogP contribution in [0.4, 0.5) is 5.69 Å². The zero-order valence-electron chi connectivity index (χ0n) is 10.2. The van der Waals surface area contributed by atoms with Gasteiger partial charge in [-0.15, -0.1) is 0 Å². The Bertz CT molecular complexity index is 670. The zero-order valence-corrected chi connectivity index (χ0v) is 10.2. The number of ether oxygens (including phenoxy) is 1. The first-order chi connectivity index (χ1) is 9.10. The Hall–Kier alpha value is -2.57. The maximum absolute atomic E-state index is 11.6. The van der Waals surface area contributed by atoms with E-state index in [1.165, 1.54) is 7.11 Å². The minimum Gasteiger partial charge on any atom is -0.469 e. The van der Waals surface area contributed by atoms with Gasteiger partial charge in [0.2, 0.25) is 5.91 Å². The molecule has 7 nitrogen and oxygen atoms in total. The van der Waals surface area contributed by atoms with Crippen LogP contribution < -0.4 is 11.1 Å². The number of para-hydroxylation sites is 1. The number of rotatable bonds is 4. The molecule has 0 radical (unpaired) electrons. The summed E-state index contributed by atoms with van der Waals surface area (Å²) in [7, 11) is 1.26. The number of hydrogen-bond donors (Lipinski definition) is 2. The summed E-state index contributed by atoms with van der Waals surface area (Å²) in [5.74, 6) is -1.39. The Labute approximate surface area is 107 Å². The number of amides is 1. The average molecular weight is 264 g/mol. The van der Waals surface area contributed by atoms with Crippen molar-refractivity contribution in [1.82, 2.24) is 4.98 Å². The third-order valence-electron chi connectivity index (χ3n) is 2.51. The van der Waals surface area contributed by atoms with E-state index in [2.05, 4.69) is 15.0 Å². The lowest BCUT2D eigenvalue weighted by Gasteiger charge is -2.05. The molecule has 1 heterocycles. The highest BCUT2D eigenvalue weighted by Crippen LogP contribution is 2.20. The van der Waals surface area contributed by atoms with E-state index in [9.17, 15) is 14.4 Å². The van der Waals surface area contributed by atoms with Gasteiger partial charge in [0.15, 0.2) is 5.58 Å². The molecule has 2 aromatic rings. The topological polar surface area (TPSA) is 101 Å². The van der Waals surface area contributed by atoms with Gasteiger partial charge in [0.1, 0.15) is 5.52 Å². The molecule has 0 saturated carbocycles. The molecule has 19 heavy (non-hydrogen) atoms. The fraction of sp³-hybridized carbons (Fsp3) is 0.250. The number of H-pyrrole nitrogens is 1. The fourth-order valence-corrected chi connectivity index (χ4v) is 1.61. The highest BCUT2D eigenvalue weighted by Gasteiger charge is 2.11. The van der Waals surface area contributed by atoms with Crippen LogP contribution in [0.15, 0.2) is 27.4 Å². The Morgan fingerprint density at radius 1 is 1.37 bits per heavy atom. The number of esters is 1. The summed E-state index contributed by atoms with van der Waals surface area (Å²) in [6.45, 7) is 0. The van der Waals surface area contributed by atoms with E-state index in [0.29, 0.717) is 16.8 Å². The molecular formula is C12H12N2O5. The summed E-state index contributed by atoms with van der Waals surface area (Å²) in [6, 6.07) is 4.89. The smallest absolute Gasteiger partial charge is 0.417 e. The molecule has 100 valence electrons. The third kappa shape index (κ3) is 3.01. The van der Waals surface area contributed by atoms with Gasteiger partial charge < -0.3 is 14.5 Å². The van der Waals surface area contributed by atoms with Crippen LogP contribution >= 0.6 is 0 Å².